The van der Waals surface area contributed by atoms with Crippen LogP contribution in [0.2, 0.25) is 0 Å². The summed E-state index contributed by atoms with van der Waals surface area (Å²) in [5, 5.41) is 10.8. The highest BCUT2D eigenvalue weighted by Gasteiger charge is 2.57. The Morgan fingerprint density at radius 1 is 1.35 bits per heavy atom. The van der Waals surface area contributed by atoms with Crippen molar-refractivity contribution in [2.45, 2.75) is 31.3 Å². The third-order valence-electron chi connectivity index (χ3n) is 4.03. The van der Waals surface area contributed by atoms with Crippen LogP contribution in [-0.2, 0) is 14.3 Å². The number of methoxy groups -OCH3 is 1. The Morgan fingerprint density at radius 3 is 2.59 bits per heavy atom. The molecule has 2 rings (SSSR count). The first-order valence-electron chi connectivity index (χ1n) is 6.11. The second-order valence-electron chi connectivity index (χ2n) is 4.87. The molecule has 2 aliphatic heterocycles. The van der Waals surface area contributed by atoms with Crippen LogP contribution in [0.5, 0.6) is 0 Å². The zero-order chi connectivity index (χ0) is 12.4. The molecule has 0 saturated carbocycles. The summed E-state index contributed by atoms with van der Waals surface area (Å²) in [5.74, 6) is 1.53. The number of carbonyl (C=O) groups is 1. The highest BCUT2D eigenvalue weighted by Crippen LogP contribution is 2.48. The lowest BCUT2D eigenvalue weighted by Crippen LogP contribution is -2.59. The van der Waals surface area contributed by atoms with Crippen LogP contribution >= 0.6 is 11.8 Å². The van der Waals surface area contributed by atoms with E-state index in [9.17, 15) is 9.90 Å². The molecule has 98 valence electrons. The van der Waals surface area contributed by atoms with Gasteiger partial charge in [0, 0.05) is 6.61 Å². The molecule has 0 amide bonds. The van der Waals surface area contributed by atoms with Gasteiger partial charge in [0.1, 0.15) is 11.0 Å². The smallest absolute Gasteiger partial charge is 0.314 e. The fourth-order valence-electron chi connectivity index (χ4n) is 2.93. The Kier molecular flexibility index (Phi) is 4.00. The molecule has 2 fully saturated rings. The summed E-state index contributed by atoms with van der Waals surface area (Å²) in [4.78, 5) is 12.1. The van der Waals surface area contributed by atoms with Crippen molar-refractivity contribution in [2.75, 3.05) is 31.8 Å². The third-order valence-corrected chi connectivity index (χ3v) is 5.02. The molecule has 0 aliphatic carbocycles. The number of carbonyl (C=O) groups excluding carboxylic acids is 1. The Bertz CT molecular complexity index is 280. The molecule has 2 heterocycles. The van der Waals surface area contributed by atoms with Crippen LogP contribution < -0.4 is 0 Å². The maximum absolute atomic E-state index is 12.1. The van der Waals surface area contributed by atoms with Gasteiger partial charge in [-0.1, -0.05) is 0 Å². The Labute approximate surface area is 106 Å². The standard InChI is InChI=1S/C12H20O4S/c1-15-10(13)11(4-7-17-8-5-11)12(14)3-2-6-16-9-12/h14H,2-9H2,1H3. The molecule has 2 aliphatic rings. The van der Waals surface area contributed by atoms with E-state index in [1.165, 1.54) is 7.11 Å². The van der Waals surface area contributed by atoms with Gasteiger partial charge in [-0.3, -0.25) is 4.79 Å². The number of rotatable bonds is 2. The topological polar surface area (TPSA) is 55.8 Å². The van der Waals surface area contributed by atoms with Crippen LogP contribution in [0.4, 0.5) is 0 Å². The van der Waals surface area contributed by atoms with Crippen molar-refractivity contribution >= 4 is 17.7 Å². The van der Waals surface area contributed by atoms with Crippen LogP contribution in [0, 0.1) is 5.41 Å². The molecule has 2 saturated heterocycles. The third kappa shape index (κ3) is 2.20. The monoisotopic (exact) mass is 260 g/mol. The van der Waals surface area contributed by atoms with Gasteiger partial charge >= 0.3 is 5.97 Å². The molecule has 0 aromatic rings. The first kappa shape index (κ1) is 13.2. The quantitative estimate of drug-likeness (QED) is 0.756. The fourth-order valence-corrected chi connectivity index (χ4v) is 4.12. The van der Waals surface area contributed by atoms with Crippen molar-refractivity contribution in [2.24, 2.45) is 5.41 Å². The summed E-state index contributed by atoms with van der Waals surface area (Å²) in [5.41, 5.74) is -1.80. The van der Waals surface area contributed by atoms with Gasteiger partial charge < -0.3 is 14.6 Å². The van der Waals surface area contributed by atoms with E-state index in [1.54, 1.807) is 0 Å². The lowest BCUT2D eigenvalue weighted by molar-refractivity contribution is -0.195. The molecule has 17 heavy (non-hydrogen) atoms. The van der Waals surface area contributed by atoms with Crippen molar-refractivity contribution in [3.63, 3.8) is 0 Å². The summed E-state index contributed by atoms with van der Waals surface area (Å²) < 4.78 is 10.3. The zero-order valence-electron chi connectivity index (χ0n) is 10.2. The summed E-state index contributed by atoms with van der Waals surface area (Å²) in [6.45, 7) is 0.932. The summed E-state index contributed by atoms with van der Waals surface area (Å²) in [7, 11) is 1.40. The Hall–Kier alpha value is -0.260. The van der Waals surface area contributed by atoms with Crippen LogP contribution in [-0.4, -0.2) is 48.5 Å². The maximum atomic E-state index is 12.1. The normalized spacial score (nSPS) is 33.1. The van der Waals surface area contributed by atoms with E-state index in [4.69, 9.17) is 9.47 Å². The van der Waals surface area contributed by atoms with Gasteiger partial charge in [0.25, 0.3) is 0 Å². The Balaban J connectivity index is 2.27. The fraction of sp³-hybridized carbons (Fsp3) is 0.917. The van der Waals surface area contributed by atoms with Gasteiger partial charge in [0.05, 0.1) is 13.7 Å². The first-order valence-corrected chi connectivity index (χ1v) is 7.26. The molecule has 1 N–H and O–H groups in total. The number of ether oxygens (including phenoxy) is 2. The van der Waals surface area contributed by atoms with Crippen LogP contribution in [0.25, 0.3) is 0 Å². The summed E-state index contributed by atoms with van der Waals surface area (Å²) in [6.07, 6.45) is 2.81. The van der Waals surface area contributed by atoms with Gasteiger partial charge in [-0.2, -0.15) is 11.8 Å². The predicted octanol–water partition coefficient (Wildman–Crippen LogP) is 1.21. The van der Waals surface area contributed by atoms with E-state index in [-0.39, 0.29) is 12.6 Å². The largest absolute Gasteiger partial charge is 0.469 e. The number of hydrogen-bond donors (Lipinski definition) is 1. The lowest BCUT2D eigenvalue weighted by atomic mass is 9.65. The number of aliphatic hydroxyl groups is 1. The minimum Gasteiger partial charge on any atom is -0.469 e. The molecule has 0 aromatic carbocycles. The molecule has 0 radical (unpaired) electrons. The van der Waals surface area contributed by atoms with E-state index in [0.717, 1.165) is 17.9 Å². The summed E-state index contributed by atoms with van der Waals surface area (Å²) >= 11 is 1.83. The summed E-state index contributed by atoms with van der Waals surface area (Å²) in [6, 6.07) is 0. The van der Waals surface area contributed by atoms with Crippen LogP contribution in [0.3, 0.4) is 0 Å². The van der Waals surface area contributed by atoms with E-state index in [2.05, 4.69) is 0 Å². The molecular formula is C12H20O4S. The van der Waals surface area contributed by atoms with Crippen molar-refractivity contribution in [3.05, 3.63) is 0 Å². The highest BCUT2D eigenvalue weighted by atomic mass is 32.2. The number of hydrogen-bond acceptors (Lipinski definition) is 5. The molecule has 4 nitrogen and oxygen atoms in total. The number of thioether (sulfide) groups is 1. The molecule has 0 spiro atoms. The van der Waals surface area contributed by atoms with E-state index < -0.39 is 11.0 Å². The van der Waals surface area contributed by atoms with Crippen LogP contribution in [0.15, 0.2) is 0 Å². The van der Waals surface area contributed by atoms with Crippen molar-refractivity contribution in [1.29, 1.82) is 0 Å². The van der Waals surface area contributed by atoms with Gasteiger partial charge in [-0.05, 0) is 37.2 Å². The molecular weight excluding hydrogens is 240 g/mol. The van der Waals surface area contributed by atoms with Crippen molar-refractivity contribution in [1.82, 2.24) is 0 Å². The van der Waals surface area contributed by atoms with Gasteiger partial charge in [-0.15, -0.1) is 0 Å². The second-order valence-corrected chi connectivity index (χ2v) is 6.10. The minimum absolute atomic E-state index is 0.257. The average molecular weight is 260 g/mol. The van der Waals surface area contributed by atoms with Crippen LogP contribution in [0.1, 0.15) is 25.7 Å². The van der Waals surface area contributed by atoms with Crippen molar-refractivity contribution in [3.8, 4) is 0 Å². The molecule has 5 heteroatoms. The van der Waals surface area contributed by atoms with Gasteiger partial charge in [0.15, 0.2) is 0 Å². The predicted molar refractivity (Wildman–Crippen MR) is 66.0 cm³/mol. The molecule has 1 atom stereocenters. The van der Waals surface area contributed by atoms with Gasteiger partial charge in [0.2, 0.25) is 0 Å². The second kappa shape index (κ2) is 5.16. The number of esters is 1. The average Bonchev–Trinajstić information content (AvgIpc) is 2.39. The highest BCUT2D eigenvalue weighted by molar-refractivity contribution is 7.99. The van der Waals surface area contributed by atoms with E-state index in [1.807, 2.05) is 11.8 Å². The van der Waals surface area contributed by atoms with E-state index >= 15 is 0 Å². The SMILES string of the molecule is COC(=O)C1(C2(O)CCCOC2)CCSCC1. The van der Waals surface area contributed by atoms with Gasteiger partial charge in [-0.25, -0.2) is 0 Å². The lowest BCUT2D eigenvalue weighted by Gasteiger charge is -2.48. The molecule has 1 unspecified atom stereocenters. The molecule has 0 aromatic heterocycles. The van der Waals surface area contributed by atoms with E-state index in [0.29, 0.717) is 25.9 Å². The Morgan fingerprint density at radius 2 is 2.06 bits per heavy atom. The van der Waals surface area contributed by atoms with Crippen molar-refractivity contribution < 1.29 is 19.4 Å². The zero-order valence-corrected chi connectivity index (χ0v) is 11.1. The first-order chi connectivity index (χ1) is 8.15. The minimum atomic E-state index is -1.04. The maximum Gasteiger partial charge on any atom is 0.314 e. The molecule has 0 bridgehead atoms.